The SMILES string of the molecule is COc1ccccc1C(NC(=O)c1cc2ccc(F)cc2nc1C)c1nccn1C. The summed E-state index contributed by atoms with van der Waals surface area (Å²) < 4.78 is 20.9. The number of para-hydroxylation sites is 1. The van der Waals surface area contributed by atoms with Crippen LogP contribution in [0.25, 0.3) is 10.9 Å². The Morgan fingerprint density at radius 3 is 2.73 bits per heavy atom. The summed E-state index contributed by atoms with van der Waals surface area (Å²) >= 11 is 0. The molecule has 0 saturated carbocycles. The Bertz CT molecular complexity index is 1240. The molecule has 1 unspecified atom stereocenters. The molecule has 2 aromatic heterocycles. The molecule has 1 N–H and O–H groups in total. The molecule has 0 fully saturated rings. The summed E-state index contributed by atoms with van der Waals surface area (Å²) in [5.41, 5.74) is 2.23. The molecular weight excluding hydrogens is 383 g/mol. The third kappa shape index (κ3) is 3.61. The second-order valence-electron chi connectivity index (χ2n) is 7.00. The number of rotatable bonds is 5. The molecule has 0 radical (unpaired) electrons. The highest BCUT2D eigenvalue weighted by Crippen LogP contribution is 2.29. The summed E-state index contributed by atoms with van der Waals surface area (Å²) in [6.45, 7) is 1.73. The van der Waals surface area contributed by atoms with Crippen LogP contribution >= 0.6 is 0 Å². The molecule has 4 aromatic rings. The quantitative estimate of drug-likeness (QED) is 0.547. The normalized spacial score (nSPS) is 12.0. The predicted octanol–water partition coefficient (Wildman–Crippen LogP) is 3.94. The van der Waals surface area contributed by atoms with Crippen LogP contribution in [0.3, 0.4) is 0 Å². The van der Waals surface area contributed by atoms with Gasteiger partial charge in [0.05, 0.1) is 23.9 Å². The average Bonchev–Trinajstić information content (AvgIpc) is 3.16. The zero-order valence-electron chi connectivity index (χ0n) is 16.9. The van der Waals surface area contributed by atoms with Crippen LogP contribution in [0.15, 0.2) is 60.9 Å². The Balaban J connectivity index is 1.76. The van der Waals surface area contributed by atoms with Crippen molar-refractivity contribution in [1.82, 2.24) is 19.9 Å². The second-order valence-corrected chi connectivity index (χ2v) is 7.00. The lowest BCUT2D eigenvalue weighted by Crippen LogP contribution is -2.32. The van der Waals surface area contributed by atoms with Crippen LogP contribution in [0.5, 0.6) is 5.75 Å². The Labute approximate surface area is 173 Å². The van der Waals surface area contributed by atoms with Crippen molar-refractivity contribution >= 4 is 16.8 Å². The lowest BCUT2D eigenvalue weighted by molar-refractivity contribution is 0.0940. The zero-order chi connectivity index (χ0) is 21.3. The molecule has 0 bridgehead atoms. The number of carbonyl (C=O) groups is 1. The van der Waals surface area contributed by atoms with E-state index >= 15 is 0 Å². The van der Waals surface area contributed by atoms with Crippen molar-refractivity contribution in [2.45, 2.75) is 13.0 Å². The Morgan fingerprint density at radius 1 is 1.20 bits per heavy atom. The minimum absolute atomic E-state index is 0.301. The maximum absolute atomic E-state index is 13.5. The number of nitrogens with zero attached hydrogens (tertiary/aromatic N) is 3. The fraction of sp³-hybridized carbons (Fsp3) is 0.174. The van der Waals surface area contributed by atoms with Gasteiger partial charge in [0.1, 0.15) is 23.4 Å². The summed E-state index contributed by atoms with van der Waals surface area (Å²) in [5.74, 6) is 0.652. The first kappa shape index (κ1) is 19.6. The van der Waals surface area contributed by atoms with Crippen LogP contribution in [0.2, 0.25) is 0 Å². The smallest absolute Gasteiger partial charge is 0.253 e. The van der Waals surface area contributed by atoms with Crippen molar-refractivity contribution in [3.05, 3.63) is 89.4 Å². The van der Waals surface area contributed by atoms with Gasteiger partial charge in [0.25, 0.3) is 5.91 Å². The number of pyridine rings is 1. The Kier molecular flexibility index (Phi) is 5.18. The first-order chi connectivity index (χ1) is 14.5. The maximum Gasteiger partial charge on any atom is 0.253 e. The van der Waals surface area contributed by atoms with Crippen LogP contribution in [0.4, 0.5) is 4.39 Å². The van der Waals surface area contributed by atoms with Gasteiger partial charge in [-0.25, -0.2) is 9.37 Å². The summed E-state index contributed by atoms with van der Waals surface area (Å²) in [6, 6.07) is 13.0. The Hall–Kier alpha value is -3.74. The minimum atomic E-state index is -0.531. The van der Waals surface area contributed by atoms with Crippen molar-refractivity contribution in [2.24, 2.45) is 7.05 Å². The van der Waals surface area contributed by atoms with Gasteiger partial charge >= 0.3 is 0 Å². The van der Waals surface area contributed by atoms with Crippen molar-refractivity contribution in [1.29, 1.82) is 0 Å². The molecule has 4 rings (SSSR count). The average molecular weight is 404 g/mol. The molecule has 1 atom stereocenters. The highest BCUT2D eigenvalue weighted by molar-refractivity contribution is 5.99. The van der Waals surface area contributed by atoms with Crippen molar-refractivity contribution in [3.8, 4) is 5.75 Å². The number of fused-ring (bicyclic) bond motifs is 1. The lowest BCUT2D eigenvalue weighted by atomic mass is 10.0. The summed E-state index contributed by atoms with van der Waals surface area (Å²) in [6.07, 6.45) is 3.50. The maximum atomic E-state index is 13.5. The minimum Gasteiger partial charge on any atom is -0.496 e. The molecule has 6 nitrogen and oxygen atoms in total. The third-order valence-corrected chi connectivity index (χ3v) is 5.06. The zero-order valence-corrected chi connectivity index (χ0v) is 16.9. The fourth-order valence-corrected chi connectivity index (χ4v) is 3.52. The number of hydrogen-bond acceptors (Lipinski definition) is 4. The Morgan fingerprint density at radius 2 is 2.00 bits per heavy atom. The van der Waals surface area contributed by atoms with E-state index in [9.17, 15) is 9.18 Å². The van der Waals surface area contributed by atoms with Gasteiger partial charge in [0.15, 0.2) is 0 Å². The van der Waals surface area contributed by atoms with Crippen LogP contribution in [0.1, 0.15) is 33.5 Å². The van der Waals surface area contributed by atoms with E-state index in [1.54, 1.807) is 32.4 Å². The monoisotopic (exact) mass is 404 g/mol. The molecular formula is C23H21FN4O2. The summed E-state index contributed by atoms with van der Waals surface area (Å²) in [7, 11) is 3.46. The molecule has 1 amide bonds. The van der Waals surface area contributed by atoms with E-state index in [0.29, 0.717) is 33.7 Å². The van der Waals surface area contributed by atoms with Crippen molar-refractivity contribution in [3.63, 3.8) is 0 Å². The van der Waals surface area contributed by atoms with E-state index in [1.807, 2.05) is 42.1 Å². The van der Waals surface area contributed by atoms with Gasteiger partial charge < -0.3 is 14.6 Å². The number of halogens is 1. The number of aromatic nitrogens is 3. The van der Waals surface area contributed by atoms with Crippen LogP contribution in [0, 0.1) is 12.7 Å². The van der Waals surface area contributed by atoms with Crippen LogP contribution < -0.4 is 10.1 Å². The molecule has 7 heteroatoms. The highest BCUT2D eigenvalue weighted by atomic mass is 19.1. The van der Waals surface area contributed by atoms with Gasteiger partial charge in [-0.2, -0.15) is 0 Å². The number of imidazole rings is 1. The van der Waals surface area contributed by atoms with E-state index in [4.69, 9.17) is 4.74 Å². The molecule has 0 aliphatic rings. The van der Waals surface area contributed by atoms with Gasteiger partial charge in [-0.05, 0) is 31.2 Å². The molecule has 2 aromatic carbocycles. The van der Waals surface area contributed by atoms with E-state index in [-0.39, 0.29) is 11.7 Å². The predicted molar refractivity (Wildman–Crippen MR) is 112 cm³/mol. The molecule has 152 valence electrons. The van der Waals surface area contributed by atoms with Crippen LogP contribution in [-0.2, 0) is 7.05 Å². The summed E-state index contributed by atoms with van der Waals surface area (Å²) in [4.78, 5) is 22.1. The van der Waals surface area contributed by atoms with E-state index in [1.165, 1.54) is 12.1 Å². The lowest BCUT2D eigenvalue weighted by Gasteiger charge is -2.21. The molecule has 2 heterocycles. The largest absolute Gasteiger partial charge is 0.496 e. The molecule has 0 saturated heterocycles. The van der Waals surface area contributed by atoms with Crippen molar-refractivity contribution in [2.75, 3.05) is 7.11 Å². The third-order valence-electron chi connectivity index (χ3n) is 5.06. The number of aryl methyl sites for hydroxylation is 2. The molecule has 0 aliphatic heterocycles. The van der Waals surface area contributed by atoms with Gasteiger partial charge in [-0.3, -0.25) is 9.78 Å². The number of hydrogen-bond donors (Lipinski definition) is 1. The van der Waals surface area contributed by atoms with E-state index in [2.05, 4.69) is 15.3 Å². The topological polar surface area (TPSA) is 69.0 Å². The number of methoxy groups -OCH3 is 1. The van der Waals surface area contributed by atoms with Gasteiger partial charge in [0.2, 0.25) is 0 Å². The number of carbonyl (C=O) groups excluding carboxylic acids is 1. The number of benzene rings is 2. The number of nitrogens with one attached hydrogen (secondary N) is 1. The summed E-state index contributed by atoms with van der Waals surface area (Å²) in [5, 5.41) is 3.76. The molecule has 0 aliphatic carbocycles. The van der Waals surface area contributed by atoms with Gasteiger partial charge in [0, 0.05) is 36.5 Å². The highest BCUT2D eigenvalue weighted by Gasteiger charge is 2.25. The van der Waals surface area contributed by atoms with Gasteiger partial charge in [-0.15, -0.1) is 0 Å². The van der Waals surface area contributed by atoms with E-state index in [0.717, 1.165) is 5.56 Å². The van der Waals surface area contributed by atoms with Crippen molar-refractivity contribution < 1.29 is 13.9 Å². The number of amides is 1. The first-order valence-corrected chi connectivity index (χ1v) is 9.46. The molecule has 30 heavy (non-hydrogen) atoms. The van der Waals surface area contributed by atoms with E-state index < -0.39 is 6.04 Å². The molecule has 0 spiro atoms. The second kappa shape index (κ2) is 7.94. The van der Waals surface area contributed by atoms with Gasteiger partial charge in [-0.1, -0.05) is 18.2 Å². The first-order valence-electron chi connectivity index (χ1n) is 9.46. The number of ether oxygens (including phenoxy) is 1. The fourth-order valence-electron chi connectivity index (χ4n) is 3.52. The standard InChI is InChI=1S/C23H21FN4O2/c1-14-18(12-15-8-9-16(24)13-19(15)26-14)23(29)27-21(22-25-10-11-28(22)2)17-6-4-5-7-20(17)30-3/h4-13,21H,1-3H3,(H,27,29). The van der Waals surface area contributed by atoms with Crippen LogP contribution in [-0.4, -0.2) is 27.6 Å².